The number of aromatic nitrogens is 3. The van der Waals surface area contributed by atoms with Crippen LogP contribution in [0.4, 0.5) is 17.8 Å². The summed E-state index contributed by atoms with van der Waals surface area (Å²) in [5.74, 6) is 1.33. The molecular formula is C69H120N6O6P6. The van der Waals surface area contributed by atoms with Gasteiger partial charge in [-0.3, -0.25) is 0 Å². The van der Waals surface area contributed by atoms with Crippen LogP contribution in [-0.4, -0.2) is 121 Å². The van der Waals surface area contributed by atoms with Crippen LogP contribution >= 0.6 is 42.9 Å². The standard InChI is InChI=1S/C69H120N6O6P6/c76-82(55-25-1-2-26-55,56-27-3-4-28-56)49-73(50-83(77,57-29-5-6-30-57)58-31-7-8-32-58)67-70-68(74(51-84(78,59-33-9-10-34-59)60-35-11-12-36-60)52-85(79,61-37-13-14-38-61)62-39-15-16-40-62)72-69(71-67)75(53-86(80,63-41-17-18-42-63)64-43-19-20-44-64)54-87(81,65-45-21-22-46-65)66-47-23-24-48-66/h55-66H,1-54H2. The second-order valence-corrected chi connectivity index (χ2v) is 52.8. The smallest absolute Gasteiger partial charge is 0.232 e. The third-order valence-corrected chi connectivity index (χ3v) is 52.8. The van der Waals surface area contributed by atoms with E-state index in [2.05, 4.69) is 14.7 Å². The summed E-state index contributed by atoms with van der Waals surface area (Å²) < 4.78 is 103. The highest BCUT2D eigenvalue weighted by Crippen LogP contribution is 2.72. The van der Waals surface area contributed by atoms with Crippen molar-refractivity contribution in [3.8, 4) is 0 Å². The molecule has 1 aromatic rings. The monoisotopic (exact) mass is 1310 g/mol. The van der Waals surface area contributed by atoms with Crippen molar-refractivity contribution in [3.05, 3.63) is 0 Å². The molecule has 0 unspecified atom stereocenters. The second-order valence-electron chi connectivity index (χ2n) is 32.1. The van der Waals surface area contributed by atoms with Gasteiger partial charge in [-0.15, -0.1) is 0 Å². The highest BCUT2D eigenvalue weighted by molar-refractivity contribution is 7.68. The summed E-state index contributed by atoms with van der Waals surface area (Å²) in [7, 11) is -18.1. The number of anilines is 3. The van der Waals surface area contributed by atoms with Crippen LogP contribution in [0.5, 0.6) is 0 Å². The first-order chi connectivity index (χ1) is 42.3. The zero-order chi connectivity index (χ0) is 59.7. The van der Waals surface area contributed by atoms with Crippen LogP contribution in [0.25, 0.3) is 0 Å². The maximum absolute atomic E-state index is 17.1. The van der Waals surface area contributed by atoms with Crippen LogP contribution in [-0.2, 0) is 27.4 Å². The fraction of sp³-hybridized carbons (Fsp3) is 0.957. The van der Waals surface area contributed by atoms with Crippen LogP contribution in [0.2, 0.25) is 0 Å². The molecular weight excluding hydrogens is 1190 g/mol. The zero-order valence-electron chi connectivity index (χ0n) is 54.4. The molecule has 0 amide bonds. The van der Waals surface area contributed by atoms with Gasteiger partial charge in [0, 0.05) is 67.9 Å². The maximum Gasteiger partial charge on any atom is 0.232 e. The molecule has 18 heteroatoms. The van der Waals surface area contributed by atoms with E-state index in [1.54, 1.807) is 0 Å². The van der Waals surface area contributed by atoms with E-state index >= 15 is 27.4 Å². The van der Waals surface area contributed by atoms with E-state index in [4.69, 9.17) is 15.0 Å². The minimum atomic E-state index is -3.01. The quantitative estimate of drug-likeness (QED) is 0.0771. The Balaban J connectivity index is 1.05. The normalized spacial score (nSPS) is 26.5. The van der Waals surface area contributed by atoms with Gasteiger partial charge in [-0.1, -0.05) is 154 Å². The summed E-state index contributed by atoms with van der Waals surface area (Å²) in [6, 6.07) is 0. The lowest BCUT2D eigenvalue weighted by atomic mass is 10.4. The molecule has 492 valence electrons. The topological polar surface area (TPSA) is 151 Å². The predicted octanol–water partition coefficient (Wildman–Crippen LogP) is 21.5. The molecule has 0 spiro atoms. The van der Waals surface area contributed by atoms with Crippen molar-refractivity contribution < 1.29 is 27.4 Å². The van der Waals surface area contributed by atoms with Crippen LogP contribution in [0.1, 0.15) is 308 Å². The average Bonchev–Trinajstić information content (AvgIpc) is 1.91. The molecule has 1 heterocycles. The zero-order valence-corrected chi connectivity index (χ0v) is 59.8. The van der Waals surface area contributed by atoms with E-state index in [1.165, 1.54) is 0 Å². The number of hydrogen-bond donors (Lipinski definition) is 0. The summed E-state index contributed by atoms with van der Waals surface area (Å²) in [5.41, 5.74) is 1.43. The molecule has 0 aliphatic heterocycles. The van der Waals surface area contributed by atoms with Gasteiger partial charge >= 0.3 is 0 Å². The van der Waals surface area contributed by atoms with Gasteiger partial charge in [-0.05, 0) is 154 Å². The molecule has 0 aromatic carbocycles. The fourth-order valence-corrected chi connectivity index (χ4v) is 48.4. The first-order valence-corrected chi connectivity index (χ1v) is 50.0. The number of hydrogen-bond acceptors (Lipinski definition) is 12. The Hall–Kier alpha value is -0.210. The third kappa shape index (κ3) is 13.7. The second kappa shape index (κ2) is 28.6. The number of rotatable bonds is 27. The Bertz CT molecular complexity index is 2150. The molecule has 12 nitrogen and oxygen atoms in total. The lowest BCUT2D eigenvalue weighted by Gasteiger charge is -2.42. The van der Waals surface area contributed by atoms with Crippen molar-refractivity contribution in [3.63, 3.8) is 0 Å². The Morgan fingerprint density at radius 1 is 0.195 bits per heavy atom. The molecule has 12 aliphatic carbocycles. The molecule has 0 bridgehead atoms. The van der Waals surface area contributed by atoms with Gasteiger partial charge in [0.25, 0.3) is 0 Å². The molecule has 12 fully saturated rings. The first-order valence-electron chi connectivity index (χ1n) is 37.8. The molecule has 12 saturated carbocycles. The lowest BCUT2D eigenvalue weighted by molar-refractivity contribution is 0.541. The Kier molecular flexibility index (Phi) is 21.5. The van der Waals surface area contributed by atoms with E-state index in [1.807, 2.05) is 0 Å². The van der Waals surface area contributed by atoms with Gasteiger partial charge < -0.3 is 42.1 Å². The average molecular weight is 1320 g/mol. The van der Waals surface area contributed by atoms with Crippen LogP contribution in [0, 0.1) is 0 Å². The van der Waals surface area contributed by atoms with E-state index in [0.29, 0.717) is 55.6 Å². The molecule has 0 N–H and O–H groups in total. The van der Waals surface area contributed by atoms with Crippen molar-refractivity contribution in [2.45, 2.75) is 376 Å². The van der Waals surface area contributed by atoms with Gasteiger partial charge in [-0.25, -0.2) is 0 Å². The highest BCUT2D eigenvalue weighted by atomic mass is 31.2. The van der Waals surface area contributed by atoms with Gasteiger partial charge in [0.05, 0.1) is 37.7 Å². The van der Waals surface area contributed by atoms with E-state index < -0.39 is 42.9 Å². The van der Waals surface area contributed by atoms with Crippen molar-refractivity contribution in [2.75, 3.05) is 52.4 Å². The first kappa shape index (κ1) is 65.5. The highest BCUT2D eigenvalue weighted by Gasteiger charge is 2.54. The molecule has 0 atom stereocenters. The van der Waals surface area contributed by atoms with Gasteiger partial charge in [0.15, 0.2) is 0 Å². The molecule has 12 aliphatic rings. The van der Waals surface area contributed by atoms with Gasteiger partial charge in [-0.2, -0.15) is 15.0 Å². The molecule has 13 rings (SSSR count). The summed E-state index contributed by atoms with van der Waals surface area (Å²) in [6.45, 7) is 0. The minimum absolute atomic E-state index is 0.119. The maximum atomic E-state index is 17.1. The Labute approximate surface area is 528 Å². The largest absolute Gasteiger partial charge is 0.326 e. The van der Waals surface area contributed by atoms with Crippen LogP contribution < -0.4 is 14.7 Å². The fourth-order valence-electron chi connectivity index (χ4n) is 22.2. The van der Waals surface area contributed by atoms with E-state index in [9.17, 15) is 0 Å². The minimum Gasteiger partial charge on any atom is -0.326 e. The lowest BCUT2D eigenvalue weighted by Crippen LogP contribution is -2.39. The summed E-state index contributed by atoms with van der Waals surface area (Å²) in [4.78, 5) is 24.7. The number of nitrogens with zero attached hydrogens (tertiary/aromatic N) is 6. The van der Waals surface area contributed by atoms with Crippen molar-refractivity contribution in [1.29, 1.82) is 0 Å². The molecule has 0 saturated heterocycles. The summed E-state index contributed by atoms with van der Waals surface area (Å²) in [5, 5.41) is 0. The summed E-state index contributed by atoms with van der Waals surface area (Å²) in [6.07, 6.45) is 51.7. The van der Waals surface area contributed by atoms with Gasteiger partial charge in [0.2, 0.25) is 17.8 Å². The van der Waals surface area contributed by atoms with Crippen molar-refractivity contribution >= 4 is 60.7 Å². The molecule has 87 heavy (non-hydrogen) atoms. The molecule has 1 aromatic heterocycles. The van der Waals surface area contributed by atoms with E-state index in [0.717, 1.165) is 308 Å². The Morgan fingerprint density at radius 3 is 0.379 bits per heavy atom. The SMILES string of the molecule is O=P(CN(CP(=O)(C1CCCC1)C1CCCC1)c1nc(N(CP(=O)(C2CCCC2)C2CCCC2)CP(=O)(C2CCCC2)C2CCCC2)nc(N(CP(=O)(C2CCCC2)C2CCCC2)CP(=O)(C2CCCC2)C2CCCC2)n1)(C1CCCC1)C1CCCC1. The predicted molar refractivity (Wildman–Crippen MR) is 369 cm³/mol. The summed E-state index contributed by atoms with van der Waals surface area (Å²) >= 11 is 0. The Morgan fingerprint density at radius 2 is 0.287 bits per heavy atom. The third-order valence-electron chi connectivity index (χ3n) is 27.1. The van der Waals surface area contributed by atoms with Gasteiger partial charge in [0.1, 0.15) is 42.9 Å². The van der Waals surface area contributed by atoms with Crippen LogP contribution in [0.15, 0.2) is 0 Å². The van der Waals surface area contributed by atoms with Crippen molar-refractivity contribution in [1.82, 2.24) is 15.0 Å². The van der Waals surface area contributed by atoms with Crippen LogP contribution in [0.3, 0.4) is 0 Å². The van der Waals surface area contributed by atoms with E-state index in [-0.39, 0.29) is 67.9 Å². The molecule has 0 radical (unpaired) electrons. The van der Waals surface area contributed by atoms with Crippen molar-refractivity contribution in [2.24, 2.45) is 0 Å².